The van der Waals surface area contributed by atoms with Gasteiger partial charge in [-0.05, 0) is 50.8 Å². The molecule has 3 rings (SSSR count). The third kappa shape index (κ3) is 2.03. The summed E-state index contributed by atoms with van der Waals surface area (Å²) in [6.07, 6.45) is 7.13. The molecule has 0 saturated carbocycles. The molecule has 1 nitrogen and oxygen atoms in total. The highest BCUT2D eigenvalue weighted by Gasteiger charge is 2.58. The second-order valence-electron chi connectivity index (χ2n) is 7.71. The minimum absolute atomic E-state index is 0.151. The monoisotopic (exact) mass is 322 g/mol. The Morgan fingerprint density at radius 2 is 1.67 bits per heavy atom. The topological polar surface area (TPSA) is 3.88 Å². The molecule has 1 aromatic heterocycles. The summed E-state index contributed by atoms with van der Waals surface area (Å²) >= 11 is 0. The van der Waals surface area contributed by atoms with Gasteiger partial charge in [0.25, 0.3) is 0 Å². The molecule has 1 heteroatoms. The Labute approximate surface area is 147 Å². The molecule has 0 N–H and O–H groups in total. The third-order valence-corrected chi connectivity index (χ3v) is 6.88. The summed E-state index contributed by atoms with van der Waals surface area (Å²) < 4.78 is 2.64. The van der Waals surface area contributed by atoms with Crippen LogP contribution in [-0.2, 0) is 11.0 Å². The van der Waals surface area contributed by atoms with Crippen LogP contribution >= 0.6 is 0 Å². The molecule has 0 fully saturated rings. The largest absolute Gasteiger partial charge is 0.216 e. The van der Waals surface area contributed by atoms with Crippen LogP contribution in [0.4, 0.5) is 0 Å². The molecule has 0 aliphatic carbocycles. The van der Waals surface area contributed by atoms with E-state index in [4.69, 9.17) is 0 Å². The van der Waals surface area contributed by atoms with Crippen molar-refractivity contribution in [1.29, 1.82) is 0 Å². The van der Waals surface area contributed by atoms with E-state index >= 15 is 0 Å². The van der Waals surface area contributed by atoms with E-state index in [1.54, 1.807) is 0 Å². The van der Waals surface area contributed by atoms with Crippen LogP contribution in [0.5, 0.6) is 0 Å². The maximum atomic E-state index is 2.64. The van der Waals surface area contributed by atoms with Crippen LogP contribution < -0.4 is 4.57 Å². The predicted molar refractivity (Wildman–Crippen MR) is 102 cm³/mol. The van der Waals surface area contributed by atoms with Gasteiger partial charge in [-0.1, -0.05) is 39.0 Å². The lowest BCUT2D eigenvalue weighted by Gasteiger charge is -2.48. The van der Waals surface area contributed by atoms with Gasteiger partial charge < -0.3 is 0 Å². The van der Waals surface area contributed by atoms with Crippen molar-refractivity contribution in [3.8, 4) is 11.3 Å². The molecular weight excluding hydrogens is 290 g/mol. The fourth-order valence-corrected chi connectivity index (χ4v) is 5.20. The minimum Gasteiger partial charge on any atom is -0.192 e. The van der Waals surface area contributed by atoms with Gasteiger partial charge in [0, 0.05) is 24.5 Å². The van der Waals surface area contributed by atoms with Gasteiger partial charge in [-0.3, -0.25) is 0 Å². The van der Waals surface area contributed by atoms with Gasteiger partial charge in [0.15, 0.2) is 11.7 Å². The van der Waals surface area contributed by atoms with Crippen molar-refractivity contribution in [3.63, 3.8) is 0 Å². The highest BCUT2D eigenvalue weighted by molar-refractivity contribution is 5.68. The summed E-state index contributed by atoms with van der Waals surface area (Å²) in [5.41, 5.74) is 7.54. The van der Waals surface area contributed by atoms with Crippen LogP contribution in [0.2, 0.25) is 0 Å². The molecule has 2 unspecified atom stereocenters. The highest BCUT2D eigenvalue weighted by Crippen LogP contribution is 2.52. The average molecular weight is 323 g/mol. The van der Waals surface area contributed by atoms with Gasteiger partial charge in [0.1, 0.15) is 0 Å². The summed E-state index contributed by atoms with van der Waals surface area (Å²) in [4.78, 5) is 0. The van der Waals surface area contributed by atoms with Crippen molar-refractivity contribution in [2.24, 2.45) is 0 Å². The molecule has 1 aliphatic heterocycles. The fourth-order valence-electron chi connectivity index (χ4n) is 5.20. The number of aryl methyl sites for hydroxylation is 1. The van der Waals surface area contributed by atoms with Crippen molar-refractivity contribution < 1.29 is 4.57 Å². The Balaban J connectivity index is 2.48. The molecule has 0 spiro atoms. The van der Waals surface area contributed by atoms with Crippen molar-refractivity contribution in [2.45, 2.75) is 78.2 Å². The van der Waals surface area contributed by atoms with Crippen molar-refractivity contribution >= 4 is 0 Å². The average Bonchev–Trinajstić information content (AvgIpc) is 2.61. The Kier molecular flexibility index (Phi) is 4.32. The molecule has 0 saturated heterocycles. The number of hydrogen-bond acceptors (Lipinski definition) is 0. The Hall–Kier alpha value is -1.63. The fraction of sp³-hybridized carbons (Fsp3) is 0.522. The molecule has 128 valence electrons. The quantitative estimate of drug-likeness (QED) is 0.622. The molecule has 2 heterocycles. The number of hydrogen-bond donors (Lipinski definition) is 0. The van der Waals surface area contributed by atoms with E-state index in [1.807, 2.05) is 0 Å². The van der Waals surface area contributed by atoms with E-state index in [-0.39, 0.29) is 11.0 Å². The zero-order valence-corrected chi connectivity index (χ0v) is 16.2. The Bertz CT molecular complexity index is 761. The van der Waals surface area contributed by atoms with E-state index in [0.717, 1.165) is 6.42 Å². The van der Waals surface area contributed by atoms with Gasteiger partial charge in [0.05, 0.1) is 11.0 Å². The van der Waals surface area contributed by atoms with Crippen LogP contribution in [0.1, 0.15) is 70.1 Å². The normalized spacial score (nSPS) is 25.2. The summed E-state index contributed by atoms with van der Waals surface area (Å²) in [5, 5.41) is 0. The predicted octanol–water partition coefficient (Wildman–Crippen LogP) is 5.84. The second-order valence-corrected chi connectivity index (χ2v) is 7.71. The van der Waals surface area contributed by atoms with Crippen molar-refractivity contribution in [1.82, 2.24) is 0 Å². The smallest absolute Gasteiger partial charge is 0.192 e. The van der Waals surface area contributed by atoms with Gasteiger partial charge >= 0.3 is 0 Å². The number of nitrogens with zero attached hydrogens (tertiary/aromatic N) is 1. The third-order valence-electron chi connectivity index (χ3n) is 6.88. The first-order chi connectivity index (χ1) is 11.5. The summed E-state index contributed by atoms with van der Waals surface area (Å²) in [7, 11) is 0. The van der Waals surface area contributed by atoms with Crippen molar-refractivity contribution in [2.75, 3.05) is 0 Å². The van der Waals surface area contributed by atoms with Crippen LogP contribution in [-0.4, -0.2) is 0 Å². The van der Waals surface area contributed by atoms with E-state index in [0.29, 0.717) is 0 Å². The number of aromatic nitrogens is 1. The molecule has 0 radical (unpaired) electrons. The molecule has 0 bridgehead atoms. The molecule has 24 heavy (non-hydrogen) atoms. The summed E-state index contributed by atoms with van der Waals surface area (Å²) in [6, 6.07) is 11.4. The van der Waals surface area contributed by atoms with E-state index in [2.05, 4.69) is 82.6 Å². The molecule has 2 atom stereocenters. The van der Waals surface area contributed by atoms with Gasteiger partial charge in [-0.2, -0.15) is 4.57 Å². The number of pyridine rings is 1. The molecule has 1 aromatic carbocycles. The first-order valence-electron chi connectivity index (χ1n) is 9.59. The minimum atomic E-state index is 0.151. The first kappa shape index (κ1) is 17.2. The molecule has 1 aliphatic rings. The van der Waals surface area contributed by atoms with Gasteiger partial charge in [-0.25, -0.2) is 0 Å². The van der Waals surface area contributed by atoms with Gasteiger partial charge in [0.2, 0.25) is 5.69 Å². The van der Waals surface area contributed by atoms with Crippen molar-refractivity contribution in [3.05, 3.63) is 53.2 Å². The maximum absolute atomic E-state index is 2.64. The standard InChI is InChI=1S/C23H32N/c1-7-15-23(9-3)22(6,8-2)20-13-11-10-12-19(20)21-18(5)17(4)14-16-24(21)23/h10-14,16H,7-9,15H2,1-6H3/q+1. The zero-order valence-electron chi connectivity index (χ0n) is 16.2. The number of fused-ring (bicyclic) bond motifs is 3. The van der Waals surface area contributed by atoms with Crippen LogP contribution in [0.25, 0.3) is 11.3 Å². The van der Waals surface area contributed by atoms with Crippen LogP contribution in [0.15, 0.2) is 36.5 Å². The second kappa shape index (κ2) is 6.02. The summed E-state index contributed by atoms with van der Waals surface area (Å²) in [6.45, 7) is 14.1. The Morgan fingerprint density at radius 1 is 0.958 bits per heavy atom. The molecule has 0 amide bonds. The van der Waals surface area contributed by atoms with Gasteiger partial charge in [-0.15, -0.1) is 0 Å². The lowest BCUT2D eigenvalue weighted by Crippen LogP contribution is -2.69. The number of rotatable bonds is 4. The van der Waals surface area contributed by atoms with E-state index in [1.165, 1.54) is 47.2 Å². The highest BCUT2D eigenvalue weighted by atomic mass is 15.1. The first-order valence-corrected chi connectivity index (χ1v) is 9.59. The number of benzene rings is 1. The lowest BCUT2D eigenvalue weighted by molar-refractivity contribution is -0.770. The van der Waals surface area contributed by atoms with E-state index < -0.39 is 0 Å². The molecule has 2 aromatic rings. The Morgan fingerprint density at radius 3 is 2.29 bits per heavy atom. The van der Waals surface area contributed by atoms with Crippen LogP contribution in [0, 0.1) is 13.8 Å². The van der Waals surface area contributed by atoms with Crippen LogP contribution in [0.3, 0.4) is 0 Å². The zero-order chi connectivity index (χ0) is 17.5. The van der Waals surface area contributed by atoms with E-state index in [9.17, 15) is 0 Å². The summed E-state index contributed by atoms with van der Waals surface area (Å²) in [5.74, 6) is 0. The molecular formula is C23H32N+. The SMILES string of the molecule is CCCC1(CC)[n+]2ccc(C)c(C)c2-c2ccccc2C1(C)CC. The lowest BCUT2D eigenvalue weighted by atomic mass is 9.58. The maximum Gasteiger partial charge on any atom is 0.216 e.